The zero-order valence-corrected chi connectivity index (χ0v) is 17.8. The van der Waals surface area contributed by atoms with Crippen LogP contribution in [0.4, 0.5) is 10.8 Å². The molecule has 3 rings (SSSR count). The topological polar surface area (TPSA) is 91.3 Å². The molecule has 0 bridgehead atoms. The zero-order valence-electron chi connectivity index (χ0n) is 16.1. The van der Waals surface area contributed by atoms with Gasteiger partial charge >= 0.3 is 0 Å². The molecule has 0 spiro atoms. The maximum atomic E-state index is 12.9. The summed E-state index contributed by atoms with van der Waals surface area (Å²) >= 11 is 1.51. The summed E-state index contributed by atoms with van der Waals surface area (Å²) in [6.45, 7) is 7.77. The number of anilines is 2. The minimum Gasteiger partial charge on any atom is -0.508 e. The first-order chi connectivity index (χ1) is 13.2. The van der Waals surface area contributed by atoms with Crippen molar-refractivity contribution in [2.45, 2.75) is 38.6 Å². The molecule has 0 aliphatic rings. The Morgan fingerprint density at radius 3 is 2.39 bits per heavy atom. The molecule has 0 amide bonds. The normalized spacial score (nSPS) is 11.6. The van der Waals surface area contributed by atoms with Crippen LogP contribution in [0.25, 0.3) is 10.4 Å². The van der Waals surface area contributed by atoms with E-state index in [1.807, 2.05) is 26.8 Å². The van der Waals surface area contributed by atoms with E-state index in [2.05, 4.69) is 15.0 Å². The number of nitrogens with one attached hydrogen (secondary N) is 2. The van der Waals surface area contributed by atoms with Gasteiger partial charge in [-0.15, -0.1) is 0 Å². The molecular weight excluding hydrogens is 394 g/mol. The molecule has 0 saturated heterocycles. The van der Waals surface area contributed by atoms with E-state index < -0.39 is 10.0 Å². The number of phenolic OH excluding ortho intramolecular Hbond substituents is 1. The van der Waals surface area contributed by atoms with Crippen LogP contribution in [0.3, 0.4) is 0 Å². The van der Waals surface area contributed by atoms with E-state index in [0.29, 0.717) is 11.3 Å². The predicted molar refractivity (Wildman–Crippen MR) is 115 cm³/mol. The van der Waals surface area contributed by atoms with Crippen molar-refractivity contribution in [1.29, 1.82) is 0 Å². The standard InChI is InChI=1S/C20H23N3O3S2/c1-12(2)21-20-22-14(4)19(27-20)15-6-5-13(3)18(11-15)28(25,26)23-16-7-9-17(24)10-8-16/h5-12,23-24H,1-4H3,(H,21,22). The third kappa shape index (κ3) is 4.45. The Morgan fingerprint density at radius 2 is 1.75 bits per heavy atom. The van der Waals surface area contributed by atoms with Gasteiger partial charge in [0.05, 0.1) is 15.5 Å². The highest BCUT2D eigenvalue weighted by molar-refractivity contribution is 7.92. The molecule has 0 unspecified atom stereocenters. The van der Waals surface area contributed by atoms with Crippen LogP contribution in [0.15, 0.2) is 47.4 Å². The Morgan fingerprint density at radius 1 is 1.07 bits per heavy atom. The summed E-state index contributed by atoms with van der Waals surface area (Å²) in [7, 11) is -3.78. The van der Waals surface area contributed by atoms with E-state index in [4.69, 9.17) is 0 Å². The Balaban J connectivity index is 1.97. The zero-order chi connectivity index (χ0) is 20.5. The van der Waals surface area contributed by atoms with E-state index in [9.17, 15) is 13.5 Å². The molecule has 0 aliphatic carbocycles. The number of phenols is 1. The molecule has 148 valence electrons. The second-order valence-corrected chi connectivity index (χ2v) is 9.52. The largest absolute Gasteiger partial charge is 0.508 e. The predicted octanol–water partition coefficient (Wildman–Crippen LogP) is 4.75. The van der Waals surface area contributed by atoms with Crippen LogP contribution in [0.2, 0.25) is 0 Å². The van der Waals surface area contributed by atoms with Crippen molar-refractivity contribution in [3.63, 3.8) is 0 Å². The third-order valence-corrected chi connectivity index (χ3v) is 6.73. The van der Waals surface area contributed by atoms with Gasteiger partial charge in [0.2, 0.25) is 0 Å². The molecule has 0 saturated carbocycles. The van der Waals surface area contributed by atoms with Gasteiger partial charge in [0.15, 0.2) is 5.13 Å². The molecule has 0 fully saturated rings. The summed E-state index contributed by atoms with van der Waals surface area (Å²) in [6.07, 6.45) is 0. The van der Waals surface area contributed by atoms with Gasteiger partial charge in [-0.25, -0.2) is 13.4 Å². The van der Waals surface area contributed by atoms with Crippen molar-refractivity contribution in [3.8, 4) is 16.2 Å². The van der Waals surface area contributed by atoms with E-state index in [0.717, 1.165) is 21.3 Å². The van der Waals surface area contributed by atoms with Crippen molar-refractivity contribution in [2.24, 2.45) is 0 Å². The average molecular weight is 418 g/mol. The number of aromatic hydroxyl groups is 1. The number of aromatic nitrogens is 1. The minimum atomic E-state index is -3.78. The van der Waals surface area contributed by atoms with Crippen LogP contribution in [0.1, 0.15) is 25.1 Å². The Kier molecular flexibility index (Phi) is 5.62. The Labute approximate surface area is 169 Å². The molecular formula is C20H23N3O3S2. The Bertz CT molecular complexity index is 1090. The summed E-state index contributed by atoms with van der Waals surface area (Å²) < 4.78 is 28.4. The lowest BCUT2D eigenvalue weighted by atomic mass is 10.1. The maximum Gasteiger partial charge on any atom is 0.262 e. The van der Waals surface area contributed by atoms with Gasteiger partial charge in [-0.1, -0.05) is 23.5 Å². The second kappa shape index (κ2) is 7.81. The lowest BCUT2D eigenvalue weighted by Gasteiger charge is -2.12. The fourth-order valence-corrected chi connectivity index (χ4v) is 5.18. The van der Waals surface area contributed by atoms with E-state index in [1.54, 1.807) is 19.1 Å². The van der Waals surface area contributed by atoms with Crippen LogP contribution < -0.4 is 10.0 Å². The number of sulfonamides is 1. The molecule has 3 aromatic rings. The van der Waals surface area contributed by atoms with Crippen molar-refractivity contribution in [3.05, 3.63) is 53.7 Å². The summed E-state index contributed by atoms with van der Waals surface area (Å²) in [5, 5.41) is 13.5. The smallest absolute Gasteiger partial charge is 0.262 e. The molecule has 0 atom stereocenters. The highest BCUT2D eigenvalue weighted by Gasteiger charge is 2.20. The minimum absolute atomic E-state index is 0.0765. The number of nitrogens with zero attached hydrogens (tertiary/aromatic N) is 1. The van der Waals surface area contributed by atoms with Gasteiger partial charge in [-0.3, -0.25) is 4.72 Å². The van der Waals surface area contributed by atoms with Crippen molar-refractivity contribution in [2.75, 3.05) is 10.0 Å². The first kappa shape index (κ1) is 20.2. The van der Waals surface area contributed by atoms with Gasteiger partial charge in [0.1, 0.15) is 5.75 Å². The summed E-state index contributed by atoms with van der Waals surface area (Å²) in [5.41, 5.74) is 2.70. The monoisotopic (exact) mass is 417 g/mol. The second-order valence-electron chi connectivity index (χ2n) is 6.87. The van der Waals surface area contributed by atoms with E-state index >= 15 is 0 Å². The first-order valence-electron chi connectivity index (χ1n) is 8.82. The van der Waals surface area contributed by atoms with Crippen LogP contribution >= 0.6 is 11.3 Å². The van der Waals surface area contributed by atoms with Crippen LogP contribution in [0, 0.1) is 13.8 Å². The molecule has 28 heavy (non-hydrogen) atoms. The van der Waals surface area contributed by atoms with Crippen LogP contribution in [-0.4, -0.2) is 24.6 Å². The fourth-order valence-electron chi connectivity index (χ4n) is 2.74. The van der Waals surface area contributed by atoms with E-state index in [-0.39, 0.29) is 16.7 Å². The molecule has 0 radical (unpaired) electrons. The van der Waals surface area contributed by atoms with E-state index in [1.165, 1.54) is 35.6 Å². The SMILES string of the molecule is Cc1ccc(-c2sc(NC(C)C)nc2C)cc1S(=O)(=O)Nc1ccc(O)cc1. The number of hydrogen-bond donors (Lipinski definition) is 3. The fraction of sp³-hybridized carbons (Fsp3) is 0.250. The van der Waals surface area contributed by atoms with Gasteiger partial charge in [0.25, 0.3) is 10.0 Å². The lowest BCUT2D eigenvalue weighted by molar-refractivity contribution is 0.475. The molecule has 2 aromatic carbocycles. The van der Waals surface area contributed by atoms with Crippen LogP contribution in [0.5, 0.6) is 5.75 Å². The molecule has 6 nitrogen and oxygen atoms in total. The highest BCUT2D eigenvalue weighted by atomic mass is 32.2. The van der Waals surface area contributed by atoms with Crippen molar-refractivity contribution < 1.29 is 13.5 Å². The Hall–Kier alpha value is -2.58. The van der Waals surface area contributed by atoms with Gasteiger partial charge < -0.3 is 10.4 Å². The third-order valence-electron chi connectivity index (χ3n) is 4.07. The molecule has 1 aromatic heterocycles. The molecule has 8 heteroatoms. The number of rotatable bonds is 6. The molecule has 1 heterocycles. The lowest BCUT2D eigenvalue weighted by Crippen LogP contribution is -2.14. The van der Waals surface area contributed by atoms with Gasteiger partial charge in [0, 0.05) is 11.7 Å². The molecule has 0 aliphatic heterocycles. The first-order valence-corrected chi connectivity index (χ1v) is 11.1. The number of thiazole rings is 1. The number of hydrogen-bond acceptors (Lipinski definition) is 6. The van der Waals surface area contributed by atoms with Gasteiger partial charge in [-0.2, -0.15) is 0 Å². The summed E-state index contributed by atoms with van der Waals surface area (Å²) in [6, 6.07) is 11.6. The van der Waals surface area contributed by atoms with Gasteiger partial charge in [-0.05, 0) is 69.2 Å². The van der Waals surface area contributed by atoms with Crippen molar-refractivity contribution in [1.82, 2.24) is 4.98 Å². The van der Waals surface area contributed by atoms with Crippen molar-refractivity contribution >= 4 is 32.2 Å². The highest BCUT2D eigenvalue weighted by Crippen LogP contribution is 2.35. The average Bonchev–Trinajstić information content (AvgIpc) is 2.96. The molecule has 3 N–H and O–H groups in total. The number of benzene rings is 2. The summed E-state index contributed by atoms with van der Waals surface area (Å²) in [4.78, 5) is 5.68. The quantitative estimate of drug-likeness (QED) is 0.503. The summed E-state index contributed by atoms with van der Waals surface area (Å²) in [5.74, 6) is 0.0765. The maximum absolute atomic E-state index is 12.9. The van der Waals surface area contributed by atoms with Crippen LogP contribution in [-0.2, 0) is 10.0 Å². The number of aryl methyl sites for hydroxylation is 2.